The predicted molar refractivity (Wildman–Crippen MR) is 452 cm³/mol. The van der Waals surface area contributed by atoms with Crippen LogP contribution in [-0.2, 0) is 33.2 Å². The van der Waals surface area contributed by atoms with Gasteiger partial charge < -0.3 is 89.9 Å². The molecule has 0 aromatic rings. The first-order valence-corrected chi connectivity index (χ1v) is 45.1. The zero-order valence-electron chi connectivity index (χ0n) is 69.9. The number of carbonyl (C=O) groups excluding carboxylic acids is 1. The van der Waals surface area contributed by atoms with E-state index < -0.39 is 124 Å². The number of hydrogen-bond acceptors (Lipinski definition) is 18. The second-order valence-electron chi connectivity index (χ2n) is 31.7. The molecule has 3 heterocycles. The first-order chi connectivity index (χ1) is 54.8. The molecular formula is C93H163NO18. The van der Waals surface area contributed by atoms with Gasteiger partial charge in [0.25, 0.3) is 0 Å². The Bertz CT molecular complexity index is 2450. The van der Waals surface area contributed by atoms with Gasteiger partial charge in [-0.05, 0) is 83.5 Å². The Labute approximate surface area is 678 Å². The third-order valence-electron chi connectivity index (χ3n) is 21.8. The van der Waals surface area contributed by atoms with E-state index in [1.165, 1.54) is 218 Å². The zero-order valence-corrected chi connectivity index (χ0v) is 69.9. The highest BCUT2D eigenvalue weighted by atomic mass is 16.8. The van der Waals surface area contributed by atoms with Gasteiger partial charge in [-0.15, -0.1) is 0 Å². The second-order valence-corrected chi connectivity index (χ2v) is 31.7. The molecule has 1 amide bonds. The molecule has 0 radical (unpaired) electrons. The highest BCUT2D eigenvalue weighted by Crippen LogP contribution is 2.33. The maximum atomic E-state index is 13.5. The molecule has 19 nitrogen and oxygen atoms in total. The molecule has 12 N–H and O–H groups in total. The van der Waals surface area contributed by atoms with Crippen LogP contribution < -0.4 is 5.32 Å². The lowest BCUT2D eigenvalue weighted by Crippen LogP contribution is -2.66. The fraction of sp³-hybridized carbons (Fsp3) is 0.796. The van der Waals surface area contributed by atoms with Crippen molar-refractivity contribution in [2.45, 2.75) is 446 Å². The number of nitrogens with one attached hydrogen (secondary N) is 1. The molecule has 17 unspecified atom stereocenters. The van der Waals surface area contributed by atoms with E-state index in [0.29, 0.717) is 6.42 Å². The molecule has 112 heavy (non-hydrogen) atoms. The minimum absolute atomic E-state index is 0.240. The number of amides is 1. The van der Waals surface area contributed by atoms with E-state index in [9.17, 15) is 61.0 Å². The van der Waals surface area contributed by atoms with E-state index in [1.54, 1.807) is 6.08 Å². The average molecular weight is 1580 g/mol. The Kier molecular flexibility index (Phi) is 65.6. The van der Waals surface area contributed by atoms with Crippen molar-refractivity contribution >= 4 is 5.91 Å². The number of rotatable bonds is 72. The monoisotopic (exact) mass is 1580 g/mol. The van der Waals surface area contributed by atoms with Crippen molar-refractivity contribution in [3.05, 3.63) is 109 Å². The smallest absolute Gasteiger partial charge is 0.220 e. The van der Waals surface area contributed by atoms with Crippen LogP contribution in [0.15, 0.2) is 109 Å². The molecule has 648 valence electrons. The van der Waals surface area contributed by atoms with Crippen LogP contribution in [0.2, 0.25) is 0 Å². The molecule has 3 fully saturated rings. The fourth-order valence-electron chi connectivity index (χ4n) is 14.7. The summed E-state index contributed by atoms with van der Waals surface area (Å²) in [7, 11) is 0. The van der Waals surface area contributed by atoms with Gasteiger partial charge in [-0.25, -0.2) is 0 Å². The summed E-state index contributed by atoms with van der Waals surface area (Å²) in [6.45, 7) is 1.66. The molecule has 19 heteroatoms. The molecule has 0 saturated carbocycles. The Balaban J connectivity index is 1.32. The Morgan fingerprint density at radius 2 is 0.616 bits per heavy atom. The summed E-state index contributed by atoms with van der Waals surface area (Å²) in [4.78, 5) is 13.5. The van der Waals surface area contributed by atoms with Gasteiger partial charge in [0.15, 0.2) is 18.9 Å². The van der Waals surface area contributed by atoms with E-state index in [-0.39, 0.29) is 18.9 Å². The molecule has 3 aliphatic rings. The molecule has 0 bridgehead atoms. The molecule has 0 aromatic heterocycles. The van der Waals surface area contributed by atoms with Gasteiger partial charge in [-0.2, -0.15) is 0 Å². The minimum atomic E-state index is -1.98. The van der Waals surface area contributed by atoms with Crippen molar-refractivity contribution in [3.8, 4) is 0 Å². The SMILES string of the molecule is CC/C=C\C/C=C\C/C=C\C/C=C\C/C=C\C/C=C\C/C=C\C/C=C\CCCCCCCCCCCCCCCCCCC(=O)NC(COC1OC(CO)C(OC2OC(CO)C(OC3OC(CO)C(O)C(O)C3O)C(O)C2O)C(O)C1O)C(O)/C=C/CCCCCCCCCCCCCCCCCCCCCCCCCC. The van der Waals surface area contributed by atoms with Crippen molar-refractivity contribution < 1.29 is 89.4 Å². The van der Waals surface area contributed by atoms with Crippen molar-refractivity contribution in [3.63, 3.8) is 0 Å². The van der Waals surface area contributed by atoms with E-state index >= 15 is 0 Å². The summed E-state index contributed by atoms with van der Waals surface area (Å²) in [5, 5.41) is 121. The van der Waals surface area contributed by atoms with Crippen LogP contribution in [-0.4, -0.2) is 193 Å². The first kappa shape index (κ1) is 103. The van der Waals surface area contributed by atoms with Crippen LogP contribution in [0.1, 0.15) is 341 Å². The summed E-state index contributed by atoms with van der Waals surface area (Å²) in [5.41, 5.74) is 0. The van der Waals surface area contributed by atoms with Crippen molar-refractivity contribution in [2.24, 2.45) is 0 Å². The van der Waals surface area contributed by atoms with Gasteiger partial charge in [-0.3, -0.25) is 4.79 Å². The Morgan fingerprint density at radius 1 is 0.330 bits per heavy atom. The van der Waals surface area contributed by atoms with Gasteiger partial charge in [0, 0.05) is 6.42 Å². The summed E-state index contributed by atoms with van der Waals surface area (Å²) in [6, 6.07) is -0.980. The first-order valence-electron chi connectivity index (χ1n) is 45.1. The largest absolute Gasteiger partial charge is 0.394 e. The minimum Gasteiger partial charge on any atom is -0.394 e. The third kappa shape index (κ3) is 49.6. The average Bonchev–Trinajstić information content (AvgIpc) is 0.781. The summed E-state index contributed by atoms with van der Waals surface area (Å²) >= 11 is 0. The van der Waals surface area contributed by atoms with Crippen molar-refractivity contribution in [2.75, 3.05) is 26.4 Å². The number of ether oxygens (including phenoxy) is 6. The normalized spacial score (nSPS) is 25.5. The molecule has 3 rings (SSSR count). The third-order valence-corrected chi connectivity index (χ3v) is 21.8. The topological polar surface area (TPSA) is 307 Å². The number of unbranched alkanes of at least 4 members (excludes halogenated alkanes) is 40. The molecule has 0 aromatic carbocycles. The predicted octanol–water partition coefficient (Wildman–Crippen LogP) is 17.2. The van der Waals surface area contributed by atoms with Crippen LogP contribution in [0.3, 0.4) is 0 Å². The highest BCUT2D eigenvalue weighted by molar-refractivity contribution is 5.76. The van der Waals surface area contributed by atoms with Crippen LogP contribution in [0.5, 0.6) is 0 Å². The molecule has 3 aliphatic heterocycles. The molecule has 17 atom stereocenters. The van der Waals surface area contributed by atoms with Gasteiger partial charge in [0.1, 0.15) is 73.2 Å². The summed E-state index contributed by atoms with van der Waals surface area (Å²) < 4.78 is 34.5. The standard InChI is InChI=1S/C93H163NO18/c1-3-5-7-9-11-13-15-17-19-21-23-25-27-29-31-32-33-34-35-36-37-38-39-40-41-42-43-44-45-47-49-51-53-55-57-59-61-63-65-67-69-71-81(99)94-76(77(98)70-68-66-64-62-60-58-56-54-52-50-48-46-30-28-26-24-22-20-18-16-14-12-10-8-6-4-2)75-107-91-87(105)84(102)89(79(73-96)109-91)112-93-88(106)85(103)90(80(74-97)110-93)111-92-86(104)83(101)82(100)78(72-95)108-92/h5,7,11,13,17,19,23,25,29,31,33-34,36-37,39-40,68,70,76-80,82-93,95-98,100-106H,3-4,6,8-10,12,14-16,18,20-22,24,26-28,30,32,35,38,41-67,69,71-75H2,1-2H3,(H,94,99)/b7-5-,13-11-,19-17-,25-23-,31-29-,34-33-,37-36-,40-39-,70-68+. The van der Waals surface area contributed by atoms with E-state index in [2.05, 4.69) is 116 Å². The Hall–Kier alpha value is -3.55. The van der Waals surface area contributed by atoms with Crippen molar-refractivity contribution in [1.82, 2.24) is 5.32 Å². The number of aliphatic hydroxyl groups excluding tert-OH is 11. The van der Waals surface area contributed by atoms with Gasteiger partial charge in [0.05, 0.1) is 38.6 Å². The molecular weight excluding hydrogens is 1420 g/mol. The maximum Gasteiger partial charge on any atom is 0.220 e. The van der Waals surface area contributed by atoms with Crippen LogP contribution in [0.4, 0.5) is 0 Å². The summed E-state index contributed by atoms with van der Waals surface area (Å²) in [6.07, 6.45) is 73.7. The zero-order chi connectivity index (χ0) is 81.0. The second kappa shape index (κ2) is 71.5. The van der Waals surface area contributed by atoms with Crippen LogP contribution in [0.25, 0.3) is 0 Å². The lowest BCUT2D eigenvalue weighted by molar-refractivity contribution is -0.379. The highest BCUT2D eigenvalue weighted by Gasteiger charge is 2.54. The maximum absolute atomic E-state index is 13.5. The quantitative estimate of drug-likeness (QED) is 0.0199. The van der Waals surface area contributed by atoms with Crippen LogP contribution in [0, 0.1) is 0 Å². The lowest BCUT2D eigenvalue weighted by atomic mass is 9.96. The molecule has 0 aliphatic carbocycles. The Morgan fingerprint density at radius 3 is 0.964 bits per heavy atom. The number of carbonyl (C=O) groups is 1. The van der Waals surface area contributed by atoms with Crippen LogP contribution >= 0.6 is 0 Å². The molecule has 3 saturated heterocycles. The van der Waals surface area contributed by atoms with E-state index in [1.807, 2.05) is 6.08 Å². The number of allylic oxidation sites excluding steroid dienone is 17. The van der Waals surface area contributed by atoms with Crippen molar-refractivity contribution in [1.29, 1.82) is 0 Å². The van der Waals surface area contributed by atoms with E-state index in [0.717, 1.165) is 96.3 Å². The fourth-order valence-corrected chi connectivity index (χ4v) is 14.7. The lowest BCUT2D eigenvalue weighted by Gasteiger charge is -2.48. The van der Waals surface area contributed by atoms with Gasteiger partial charge in [0.2, 0.25) is 5.91 Å². The number of hydrogen-bond donors (Lipinski definition) is 12. The number of aliphatic hydroxyl groups is 11. The summed E-state index contributed by atoms with van der Waals surface area (Å²) in [5.74, 6) is -0.274. The molecule has 0 spiro atoms. The van der Waals surface area contributed by atoms with Gasteiger partial charge in [-0.1, -0.05) is 361 Å². The van der Waals surface area contributed by atoms with E-state index in [4.69, 9.17) is 28.4 Å². The van der Waals surface area contributed by atoms with Gasteiger partial charge >= 0.3 is 0 Å².